The maximum absolute atomic E-state index is 13.2. The molecule has 0 spiro atoms. The van der Waals surface area contributed by atoms with Crippen LogP contribution >= 0.6 is 11.3 Å². The molecule has 0 unspecified atom stereocenters. The quantitative estimate of drug-likeness (QED) is 0.402. The van der Waals surface area contributed by atoms with Crippen molar-refractivity contribution in [3.63, 3.8) is 0 Å². The van der Waals surface area contributed by atoms with Crippen molar-refractivity contribution in [2.45, 2.75) is 13.1 Å². The molecular formula is C20H14F3NS. The standard InChI is InChI=1S/C20H14F3NS/c1-12-6-4-7-13-14-8-5-11-17(19(14)25-18(12)13)24-16-10-3-2-9-15(16)20(21,22)23/h2-11,24H,1H3. The molecule has 0 fully saturated rings. The van der Waals surface area contributed by atoms with E-state index in [-0.39, 0.29) is 5.69 Å². The molecule has 0 bridgehead atoms. The number of hydrogen-bond donors (Lipinski definition) is 1. The zero-order valence-electron chi connectivity index (χ0n) is 13.3. The summed E-state index contributed by atoms with van der Waals surface area (Å²) in [6.07, 6.45) is -4.39. The number of anilines is 2. The second-order valence-corrected chi connectivity index (χ2v) is 6.92. The first-order valence-corrected chi connectivity index (χ1v) is 8.61. The predicted molar refractivity (Wildman–Crippen MR) is 98.8 cm³/mol. The number of nitrogens with one attached hydrogen (secondary N) is 1. The van der Waals surface area contributed by atoms with E-state index in [0.717, 1.165) is 26.2 Å². The van der Waals surface area contributed by atoms with Gasteiger partial charge in [-0.25, -0.2) is 0 Å². The molecule has 0 radical (unpaired) electrons. The Labute approximate surface area is 146 Å². The van der Waals surface area contributed by atoms with Crippen LogP contribution in [0, 0.1) is 6.92 Å². The average molecular weight is 357 g/mol. The largest absolute Gasteiger partial charge is 0.418 e. The normalized spacial score (nSPS) is 12.0. The van der Waals surface area contributed by atoms with Gasteiger partial charge < -0.3 is 5.32 Å². The molecule has 0 amide bonds. The lowest BCUT2D eigenvalue weighted by Gasteiger charge is -2.14. The molecule has 1 heterocycles. The summed E-state index contributed by atoms with van der Waals surface area (Å²) in [6.45, 7) is 2.05. The summed E-state index contributed by atoms with van der Waals surface area (Å²) >= 11 is 1.60. The highest BCUT2D eigenvalue weighted by Crippen LogP contribution is 2.42. The van der Waals surface area contributed by atoms with Crippen molar-refractivity contribution >= 4 is 42.9 Å². The van der Waals surface area contributed by atoms with Crippen molar-refractivity contribution in [2.24, 2.45) is 0 Å². The molecule has 4 aromatic rings. The summed E-state index contributed by atoms with van der Waals surface area (Å²) in [5.41, 5.74) is 1.26. The fourth-order valence-electron chi connectivity index (χ4n) is 3.04. The molecule has 0 saturated carbocycles. The van der Waals surface area contributed by atoms with Crippen molar-refractivity contribution in [3.8, 4) is 0 Å². The molecule has 0 aliphatic rings. The molecule has 1 aromatic heterocycles. The lowest BCUT2D eigenvalue weighted by atomic mass is 10.1. The van der Waals surface area contributed by atoms with Crippen molar-refractivity contribution < 1.29 is 13.2 Å². The number of benzene rings is 3. The van der Waals surface area contributed by atoms with Gasteiger partial charge >= 0.3 is 6.18 Å². The molecule has 126 valence electrons. The third-order valence-corrected chi connectivity index (χ3v) is 5.61. The number of thiophene rings is 1. The van der Waals surface area contributed by atoms with Crippen LogP contribution in [-0.2, 0) is 6.18 Å². The second-order valence-electron chi connectivity index (χ2n) is 5.90. The van der Waals surface area contributed by atoms with Gasteiger partial charge in [0, 0.05) is 15.5 Å². The monoisotopic (exact) mass is 357 g/mol. The summed E-state index contributed by atoms with van der Waals surface area (Å²) in [5.74, 6) is 0. The number of para-hydroxylation sites is 1. The first-order valence-electron chi connectivity index (χ1n) is 7.79. The van der Waals surface area contributed by atoms with Crippen LogP contribution in [0.15, 0.2) is 60.7 Å². The van der Waals surface area contributed by atoms with Crippen LogP contribution < -0.4 is 5.32 Å². The lowest BCUT2D eigenvalue weighted by Crippen LogP contribution is -2.08. The Kier molecular flexibility index (Phi) is 3.69. The molecule has 0 aliphatic carbocycles. The van der Waals surface area contributed by atoms with Crippen molar-refractivity contribution in [1.29, 1.82) is 0 Å². The summed E-state index contributed by atoms with van der Waals surface area (Å²) in [4.78, 5) is 0. The number of hydrogen-bond acceptors (Lipinski definition) is 2. The third-order valence-electron chi connectivity index (χ3n) is 4.22. The van der Waals surface area contributed by atoms with Gasteiger partial charge in [-0.15, -0.1) is 11.3 Å². The topological polar surface area (TPSA) is 12.0 Å². The zero-order chi connectivity index (χ0) is 17.6. The van der Waals surface area contributed by atoms with Gasteiger partial charge in [-0.2, -0.15) is 13.2 Å². The lowest BCUT2D eigenvalue weighted by molar-refractivity contribution is -0.136. The molecule has 3 aromatic carbocycles. The number of alkyl halides is 3. The van der Waals surface area contributed by atoms with Crippen LogP contribution in [0.4, 0.5) is 24.5 Å². The van der Waals surface area contributed by atoms with E-state index in [1.54, 1.807) is 17.4 Å². The Morgan fingerprint density at radius 3 is 2.16 bits per heavy atom. The third kappa shape index (κ3) is 2.74. The van der Waals surface area contributed by atoms with Gasteiger partial charge in [0.25, 0.3) is 0 Å². The van der Waals surface area contributed by atoms with Gasteiger partial charge in [0.15, 0.2) is 0 Å². The highest BCUT2D eigenvalue weighted by molar-refractivity contribution is 7.26. The van der Waals surface area contributed by atoms with E-state index in [2.05, 4.69) is 11.4 Å². The van der Waals surface area contributed by atoms with E-state index in [1.807, 2.05) is 37.3 Å². The number of halogens is 3. The highest BCUT2D eigenvalue weighted by atomic mass is 32.1. The van der Waals surface area contributed by atoms with E-state index < -0.39 is 11.7 Å². The maximum Gasteiger partial charge on any atom is 0.418 e. The number of rotatable bonds is 2. The highest BCUT2D eigenvalue weighted by Gasteiger charge is 2.33. The van der Waals surface area contributed by atoms with Gasteiger partial charge in [0.05, 0.1) is 21.6 Å². The fourth-order valence-corrected chi connectivity index (χ4v) is 4.28. The van der Waals surface area contributed by atoms with Gasteiger partial charge in [-0.1, -0.05) is 42.5 Å². The molecule has 0 saturated heterocycles. The smallest absolute Gasteiger partial charge is 0.354 e. The van der Waals surface area contributed by atoms with Crippen molar-refractivity contribution in [2.75, 3.05) is 5.32 Å². The Hall–Kier alpha value is -2.53. The van der Waals surface area contributed by atoms with Gasteiger partial charge in [0.1, 0.15) is 0 Å². The van der Waals surface area contributed by atoms with Crippen LogP contribution in [0.3, 0.4) is 0 Å². The van der Waals surface area contributed by atoms with E-state index in [0.29, 0.717) is 5.69 Å². The van der Waals surface area contributed by atoms with Gasteiger partial charge in [-0.05, 0) is 30.7 Å². The molecule has 1 N–H and O–H groups in total. The summed E-state index contributed by atoms with van der Waals surface area (Å²) in [6, 6.07) is 17.4. The van der Waals surface area contributed by atoms with Crippen molar-refractivity contribution in [1.82, 2.24) is 0 Å². The van der Waals surface area contributed by atoms with Crippen LogP contribution in [-0.4, -0.2) is 0 Å². The van der Waals surface area contributed by atoms with Crippen LogP contribution in [0.1, 0.15) is 11.1 Å². The van der Waals surface area contributed by atoms with E-state index in [4.69, 9.17) is 0 Å². The van der Waals surface area contributed by atoms with E-state index in [9.17, 15) is 13.2 Å². The molecule has 4 rings (SSSR count). The predicted octanol–water partition coefficient (Wildman–Crippen LogP) is 7.13. The second kappa shape index (κ2) is 5.77. The Morgan fingerprint density at radius 2 is 1.40 bits per heavy atom. The Morgan fingerprint density at radius 1 is 0.760 bits per heavy atom. The minimum atomic E-state index is -4.39. The molecule has 25 heavy (non-hydrogen) atoms. The van der Waals surface area contributed by atoms with Gasteiger partial charge in [-0.3, -0.25) is 0 Å². The van der Waals surface area contributed by atoms with E-state index >= 15 is 0 Å². The molecule has 0 aliphatic heterocycles. The van der Waals surface area contributed by atoms with Gasteiger partial charge in [0.2, 0.25) is 0 Å². The summed E-state index contributed by atoms with van der Waals surface area (Å²) in [5, 5.41) is 5.18. The number of aryl methyl sites for hydroxylation is 1. The molecule has 0 atom stereocenters. The number of fused-ring (bicyclic) bond motifs is 3. The average Bonchev–Trinajstić information content (AvgIpc) is 2.96. The van der Waals surface area contributed by atoms with Crippen molar-refractivity contribution in [3.05, 3.63) is 71.8 Å². The first kappa shape index (κ1) is 16.0. The van der Waals surface area contributed by atoms with E-state index in [1.165, 1.54) is 17.7 Å². The summed E-state index contributed by atoms with van der Waals surface area (Å²) in [7, 11) is 0. The molecular weight excluding hydrogens is 343 g/mol. The molecule has 5 heteroatoms. The Bertz CT molecular complexity index is 1080. The minimum absolute atomic E-state index is 0.0664. The maximum atomic E-state index is 13.2. The zero-order valence-corrected chi connectivity index (χ0v) is 14.1. The van der Waals surface area contributed by atoms with Crippen LogP contribution in [0.5, 0.6) is 0 Å². The fraction of sp³-hybridized carbons (Fsp3) is 0.100. The molecule has 1 nitrogen and oxygen atoms in total. The first-order chi connectivity index (χ1) is 11.9. The minimum Gasteiger partial charge on any atom is -0.354 e. The van der Waals surface area contributed by atoms with Crippen LogP contribution in [0.25, 0.3) is 20.2 Å². The SMILES string of the molecule is Cc1cccc2c1sc1c(Nc3ccccc3C(F)(F)F)cccc12. The Balaban J connectivity index is 1.89. The van der Waals surface area contributed by atoms with Crippen LogP contribution in [0.2, 0.25) is 0 Å². The summed E-state index contributed by atoms with van der Waals surface area (Å²) < 4.78 is 41.9.